The molecule has 1 aromatic carbocycles. The smallest absolute Gasteiger partial charge is 0.387 e. The number of aryl methyl sites for hydroxylation is 2. The zero-order valence-electron chi connectivity index (χ0n) is 12.8. The van der Waals surface area contributed by atoms with Gasteiger partial charge in [-0.1, -0.05) is 12.1 Å². The van der Waals surface area contributed by atoms with Gasteiger partial charge in [-0.2, -0.15) is 4.68 Å². The first-order valence-corrected chi connectivity index (χ1v) is 8.60. The van der Waals surface area contributed by atoms with Crippen LogP contribution in [0.1, 0.15) is 17.5 Å². The fourth-order valence-electron chi connectivity index (χ4n) is 2.89. The van der Waals surface area contributed by atoms with E-state index >= 15 is 0 Å². The average molecular weight is 341 g/mol. The Morgan fingerprint density at radius 2 is 2.17 bits per heavy atom. The predicted molar refractivity (Wildman–Crippen MR) is 91.2 cm³/mol. The van der Waals surface area contributed by atoms with Crippen molar-refractivity contribution >= 4 is 22.9 Å². The van der Waals surface area contributed by atoms with Crippen molar-refractivity contribution in [3.63, 3.8) is 0 Å². The quantitative estimate of drug-likeness (QED) is 0.791. The summed E-state index contributed by atoms with van der Waals surface area (Å²) in [6.07, 6.45) is 3.31. The van der Waals surface area contributed by atoms with Crippen LogP contribution >= 0.6 is 11.3 Å². The Labute approximate surface area is 141 Å². The lowest BCUT2D eigenvalue weighted by Crippen LogP contribution is -2.25. The lowest BCUT2D eigenvalue weighted by molar-refractivity contribution is -0.117. The van der Waals surface area contributed by atoms with Crippen molar-refractivity contribution in [3.8, 4) is 10.8 Å². The predicted octanol–water partition coefficient (Wildman–Crippen LogP) is 2.69. The minimum absolute atomic E-state index is 0.176. The Morgan fingerprint density at radius 3 is 3.00 bits per heavy atom. The van der Waals surface area contributed by atoms with Crippen molar-refractivity contribution in [1.29, 1.82) is 0 Å². The number of benzene rings is 1. The fraction of sp³-hybridized carbons (Fsp3) is 0.235. The molecule has 0 spiro atoms. The third-order valence-corrected chi connectivity index (χ3v) is 4.87. The number of carbonyl (C=O) groups excluding carboxylic acids is 1. The number of hydrogen-bond acceptors (Lipinski definition) is 5. The van der Waals surface area contributed by atoms with Crippen molar-refractivity contribution in [2.24, 2.45) is 0 Å². The van der Waals surface area contributed by atoms with Crippen LogP contribution in [0.25, 0.3) is 10.8 Å². The maximum atomic E-state index is 12.2. The van der Waals surface area contributed by atoms with Crippen LogP contribution in [0.3, 0.4) is 0 Å². The molecule has 1 aliphatic carbocycles. The molecule has 0 saturated heterocycles. The Morgan fingerprint density at radius 1 is 1.29 bits per heavy atom. The fourth-order valence-corrected chi connectivity index (χ4v) is 3.54. The second-order valence-electron chi connectivity index (χ2n) is 5.69. The molecule has 0 atom stereocenters. The molecule has 2 heterocycles. The van der Waals surface area contributed by atoms with Crippen LogP contribution in [-0.4, -0.2) is 15.7 Å². The number of anilines is 1. The van der Waals surface area contributed by atoms with Gasteiger partial charge < -0.3 is 9.73 Å². The highest BCUT2D eigenvalue weighted by Crippen LogP contribution is 2.25. The summed E-state index contributed by atoms with van der Waals surface area (Å²) < 4.78 is 6.14. The molecule has 1 aliphatic rings. The highest BCUT2D eigenvalue weighted by Gasteiger charge is 2.15. The normalized spacial score (nSPS) is 13.0. The van der Waals surface area contributed by atoms with Crippen LogP contribution < -0.4 is 11.1 Å². The van der Waals surface area contributed by atoms with Gasteiger partial charge in [0.1, 0.15) is 6.54 Å². The molecule has 0 unspecified atom stereocenters. The van der Waals surface area contributed by atoms with Crippen LogP contribution in [-0.2, 0) is 24.2 Å². The average Bonchev–Trinajstić information content (AvgIpc) is 3.28. The van der Waals surface area contributed by atoms with E-state index in [9.17, 15) is 9.59 Å². The van der Waals surface area contributed by atoms with Gasteiger partial charge in [0.2, 0.25) is 5.91 Å². The molecule has 4 rings (SSSR count). The zero-order valence-corrected chi connectivity index (χ0v) is 13.6. The summed E-state index contributed by atoms with van der Waals surface area (Å²) in [5, 5.41) is 8.76. The molecule has 7 heteroatoms. The summed E-state index contributed by atoms with van der Waals surface area (Å²) in [5.74, 6) is -0.705. The first-order chi connectivity index (χ1) is 11.7. The van der Waals surface area contributed by atoms with Gasteiger partial charge in [0.15, 0.2) is 0 Å². The van der Waals surface area contributed by atoms with Gasteiger partial charge in [0, 0.05) is 5.69 Å². The van der Waals surface area contributed by atoms with E-state index in [1.165, 1.54) is 22.5 Å². The van der Waals surface area contributed by atoms with Gasteiger partial charge in [-0.25, -0.2) is 4.79 Å². The SMILES string of the molecule is O=C(Cn1nc(-c2cccs2)oc1=O)Nc1ccc2c(c1)CCC2. The summed E-state index contributed by atoms with van der Waals surface area (Å²) in [5.41, 5.74) is 3.38. The molecule has 0 bridgehead atoms. The van der Waals surface area contributed by atoms with Gasteiger partial charge in [0.05, 0.1) is 4.88 Å². The summed E-state index contributed by atoms with van der Waals surface area (Å²) in [6.45, 7) is -0.176. The first-order valence-electron chi connectivity index (χ1n) is 7.72. The van der Waals surface area contributed by atoms with E-state index in [1.54, 1.807) is 0 Å². The van der Waals surface area contributed by atoms with Gasteiger partial charge in [-0.3, -0.25) is 4.79 Å². The summed E-state index contributed by atoms with van der Waals surface area (Å²) >= 11 is 1.42. The number of aromatic nitrogens is 2. The second kappa shape index (κ2) is 6.09. The number of rotatable bonds is 4. The molecule has 3 aromatic rings. The standard InChI is InChI=1S/C17H15N3O3S/c21-15(18-13-7-6-11-3-1-4-12(11)9-13)10-20-17(22)23-16(19-20)14-5-2-8-24-14/h2,5-9H,1,3-4,10H2,(H,18,21). The minimum atomic E-state index is -0.637. The molecule has 122 valence electrons. The molecule has 1 N–H and O–H groups in total. The van der Waals surface area contributed by atoms with Crippen molar-refractivity contribution in [2.45, 2.75) is 25.8 Å². The molecule has 1 amide bonds. The minimum Gasteiger partial charge on any atom is -0.387 e. The van der Waals surface area contributed by atoms with Crippen LogP contribution in [0.4, 0.5) is 5.69 Å². The van der Waals surface area contributed by atoms with E-state index in [0.29, 0.717) is 0 Å². The third kappa shape index (κ3) is 2.90. The van der Waals surface area contributed by atoms with Gasteiger partial charge >= 0.3 is 5.76 Å². The number of nitrogens with zero attached hydrogens (tertiary/aromatic N) is 2. The maximum absolute atomic E-state index is 12.2. The first kappa shape index (κ1) is 14.9. The van der Waals surface area contributed by atoms with Crippen LogP contribution in [0.2, 0.25) is 0 Å². The lowest BCUT2D eigenvalue weighted by atomic mass is 10.1. The van der Waals surface area contributed by atoms with Gasteiger partial charge in [0.25, 0.3) is 5.89 Å². The van der Waals surface area contributed by atoms with E-state index < -0.39 is 5.76 Å². The molecule has 0 saturated carbocycles. The summed E-state index contributed by atoms with van der Waals surface area (Å²) in [4.78, 5) is 24.8. The molecule has 0 radical (unpaired) electrons. The third-order valence-electron chi connectivity index (χ3n) is 4.01. The van der Waals surface area contributed by atoms with E-state index in [4.69, 9.17) is 4.42 Å². The Bertz CT molecular complexity index is 940. The van der Waals surface area contributed by atoms with E-state index in [2.05, 4.69) is 16.5 Å². The van der Waals surface area contributed by atoms with Gasteiger partial charge in [-0.05, 0) is 54.0 Å². The van der Waals surface area contributed by atoms with Crippen molar-refractivity contribution in [1.82, 2.24) is 9.78 Å². The monoisotopic (exact) mass is 341 g/mol. The molecule has 6 nitrogen and oxygen atoms in total. The zero-order chi connectivity index (χ0) is 16.5. The number of carbonyl (C=O) groups is 1. The van der Waals surface area contributed by atoms with E-state index in [0.717, 1.165) is 34.5 Å². The summed E-state index contributed by atoms with van der Waals surface area (Å²) in [6, 6.07) is 9.60. The van der Waals surface area contributed by atoms with Crippen LogP contribution in [0.5, 0.6) is 0 Å². The molecule has 0 fully saturated rings. The Balaban J connectivity index is 1.47. The molecule has 24 heavy (non-hydrogen) atoms. The van der Waals surface area contributed by atoms with E-state index in [-0.39, 0.29) is 18.3 Å². The Kier molecular flexibility index (Phi) is 3.78. The number of hydrogen-bond donors (Lipinski definition) is 1. The lowest BCUT2D eigenvalue weighted by Gasteiger charge is -2.07. The van der Waals surface area contributed by atoms with Crippen LogP contribution in [0.15, 0.2) is 44.9 Å². The topological polar surface area (TPSA) is 77.1 Å². The second-order valence-corrected chi connectivity index (χ2v) is 6.64. The van der Waals surface area contributed by atoms with Crippen molar-refractivity contribution in [3.05, 3.63) is 57.4 Å². The summed E-state index contributed by atoms with van der Waals surface area (Å²) in [7, 11) is 0. The van der Waals surface area contributed by atoms with Crippen molar-refractivity contribution in [2.75, 3.05) is 5.32 Å². The number of thiophene rings is 1. The largest absolute Gasteiger partial charge is 0.437 e. The maximum Gasteiger partial charge on any atom is 0.437 e. The molecule has 2 aromatic heterocycles. The number of nitrogens with one attached hydrogen (secondary N) is 1. The molecule has 0 aliphatic heterocycles. The number of amides is 1. The van der Waals surface area contributed by atoms with Crippen molar-refractivity contribution < 1.29 is 9.21 Å². The van der Waals surface area contributed by atoms with Crippen LogP contribution in [0, 0.1) is 0 Å². The van der Waals surface area contributed by atoms with Gasteiger partial charge in [-0.15, -0.1) is 16.4 Å². The number of fused-ring (bicyclic) bond motifs is 1. The Hall–Kier alpha value is -2.67. The molecular weight excluding hydrogens is 326 g/mol. The van der Waals surface area contributed by atoms with E-state index in [1.807, 2.05) is 29.6 Å². The molecular formula is C17H15N3O3S. The highest BCUT2D eigenvalue weighted by molar-refractivity contribution is 7.13. The highest BCUT2D eigenvalue weighted by atomic mass is 32.1.